The van der Waals surface area contributed by atoms with Crippen molar-refractivity contribution >= 4 is 0 Å². The second-order valence-corrected chi connectivity index (χ2v) is 3.85. The number of morpholine rings is 1. The average molecular weight is 185 g/mol. The Hall–Kier alpha value is -0.0800. The van der Waals surface area contributed by atoms with Crippen LogP contribution in [0.15, 0.2) is 0 Å². The molecule has 0 aromatic carbocycles. The van der Waals surface area contributed by atoms with Crippen molar-refractivity contribution in [3.05, 3.63) is 0 Å². The molecule has 1 aliphatic rings. The first kappa shape index (κ1) is 11.0. The van der Waals surface area contributed by atoms with Crippen LogP contribution in [0.1, 0.15) is 39.5 Å². The summed E-state index contributed by atoms with van der Waals surface area (Å²) in [5.74, 6) is 0. The van der Waals surface area contributed by atoms with E-state index in [1.54, 1.807) is 0 Å². The van der Waals surface area contributed by atoms with Gasteiger partial charge in [0.25, 0.3) is 0 Å². The number of hydrogen-bond acceptors (Lipinski definition) is 2. The lowest BCUT2D eigenvalue weighted by molar-refractivity contribution is 0.0135. The summed E-state index contributed by atoms with van der Waals surface area (Å²) in [5, 5.41) is 0. The Kier molecular flexibility index (Phi) is 5.40. The Morgan fingerprint density at radius 3 is 2.46 bits per heavy atom. The zero-order valence-electron chi connectivity index (χ0n) is 9.09. The summed E-state index contributed by atoms with van der Waals surface area (Å²) in [6.07, 6.45) is 5.35. The van der Waals surface area contributed by atoms with Crippen molar-refractivity contribution in [3.63, 3.8) is 0 Å². The summed E-state index contributed by atoms with van der Waals surface area (Å²) in [6.45, 7) is 8.72. The maximum absolute atomic E-state index is 5.36. The molecule has 13 heavy (non-hydrogen) atoms. The predicted octanol–water partition coefficient (Wildman–Crippen LogP) is 2.29. The molecule has 1 aliphatic heterocycles. The van der Waals surface area contributed by atoms with E-state index in [-0.39, 0.29) is 0 Å². The number of hydrogen-bond donors (Lipinski definition) is 0. The van der Waals surface area contributed by atoms with Crippen LogP contribution in [0.3, 0.4) is 0 Å². The van der Waals surface area contributed by atoms with Crippen molar-refractivity contribution in [2.45, 2.75) is 45.6 Å². The normalized spacial score (nSPS) is 21.7. The number of nitrogens with zero attached hydrogens (tertiary/aromatic N) is 1. The second-order valence-electron chi connectivity index (χ2n) is 3.85. The predicted molar refractivity (Wildman–Crippen MR) is 56.0 cm³/mol. The SMILES string of the molecule is CCCCC(CC)N1CCOCC1. The van der Waals surface area contributed by atoms with Gasteiger partial charge in [-0.2, -0.15) is 0 Å². The zero-order chi connectivity index (χ0) is 9.52. The molecule has 1 heterocycles. The maximum atomic E-state index is 5.36. The van der Waals surface area contributed by atoms with Crippen LogP contribution < -0.4 is 0 Å². The van der Waals surface area contributed by atoms with E-state index in [1.807, 2.05) is 0 Å². The van der Waals surface area contributed by atoms with Gasteiger partial charge in [0.05, 0.1) is 13.2 Å². The minimum absolute atomic E-state index is 0.809. The first-order chi connectivity index (χ1) is 6.38. The van der Waals surface area contributed by atoms with Crippen LogP contribution in [0.25, 0.3) is 0 Å². The lowest BCUT2D eigenvalue weighted by atomic mass is 10.1. The Bertz CT molecular complexity index is 121. The van der Waals surface area contributed by atoms with E-state index in [1.165, 1.54) is 25.7 Å². The summed E-state index contributed by atoms with van der Waals surface area (Å²) in [5.41, 5.74) is 0. The largest absolute Gasteiger partial charge is 0.379 e. The first-order valence-electron chi connectivity index (χ1n) is 5.70. The fourth-order valence-electron chi connectivity index (χ4n) is 2.03. The molecule has 2 heteroatoms. The molecule has 78 valence electrons. The van der Waals surface area contributed by atoms with E-state index >= 15 is 0 Å². The molecule has 0 aliphatic carbocycles. The van der Waals surface area contributed by atoms with E-state index in [0.29, 0.717) is 0 Å². The summed E-state index contributed by atoms with van der Waals surface area (Å²) in [6, 6.07) is 0.809. The lowest BCUT2D eigenvalue weighted by Crippen LogP contribution is -2.43. The summed E-state index contributed by atoms with van der Waals surface area (Å²) in [4.78, 5) is 2.60. The van der Waals surface area contributed by atoms with E-state index in [9.17, 15) is 0 Å². The second kappa shape index (κ2) is 6.39. The van der Waals surface area contributed by atoms with Crippen LogP contribution in [-0.2, 0) is 4.74 Å². The van der Waals surface area contributed by atoms with Crippen molar-refractivity contribution < 1.29 is 4.74 Å². The molecular formula is C11H23NO. The molecule has 0 N–H and O–H groups in total. The molecule has 0 spiro atoms. The fraction of sp³-hybridized carbons (Fsp3) is 1.00. The number of ether oxygens (including phenoxy) is 1. The van der Waals surface area contributed by atoms with Crippen molar-refractivity contribution in [2.24, 2.45) is 0 Å². The van der Waals surface area contributed by atoms with E-state index in [2.05, 4.69) is 18.7 Å². The van der Waals surface area contributed by atoms with E-state index in [0.717, 1.165) is 32.3 Å². The number of rotatable bonds is 5. The lowest BCUT2D eigenvalue weighted by Gasteiger charge is -2.34. The van der Waals surface area contributed by atoms with Gasteiger partial charge in [0.1, 0.15) is 0 Å². The van der Waals surface area contributed by atoms with Crippen molar-refractivity contribution in [3.8, 4) is 0 Å². The Morgan fingerprint density at radius 2 is 1.92 bits per heavy atom. The van der Waals surface area contributed by atoms with Gasteiger partial charge in [-0.05, 0) is 12.8 Å². The highest BCUT2D eigenvalue weighted by atomic mass is 16.5. The molecule has 0 amide bonds. The van der Waals surface area contributed by atoms with Gasteiger partial charge in [0.2, 0.25) is 0 Å². The molecule has 0 bridgehead atoms. The molecule has 0 radical (unpaired) electrons. The van der Waals surface area contributed by atoms with Gasteiger partial charge in [0, 0.05) is 19.1 Å². The Morgan fingerprint density at radius 1 is 1.23 bits per heavy atom. The first-order valence-corrected chi connectivity index (χ1v) is 5.70. The molecular weight excluding hydrogens is 162 g/mol. The van der Waals surface area contributed by atoms with Gasteiger partial charge in [0.15, 0.2) is 0 Å². The Balaban J connectivity index is 2.26. The van der Waals surface area contributed by atoms with Crippen LogP contribution in [0.4, 0.5) is 0 Å². The summed E-state index contributed by atoms with van der Waals surface area (Å²) >= 11 is 0. The van der Waals surface area contributed by atoms with Crippen molar-refractivity contribution in [2.75, 3.05) is 26.3 Å². The Labute approximate surface area is 82.3 Å². The molecule has 2 nitrogen and oxygen atoms in total. The molecule has 1 fully saturated rings. The molecule has 0 aromatic heterocycles. The summed E-state index contributed by atoms with van der Waals surface area (Å²) < 4.78 is 5.36. The third-order valence-electron chi connectivity index (χ3n) is 2.92. The monoisotopic (exact) mass is 185 g/mol. The highest BCUT2D eigenvalue weighted by Crippen LogP contribution is 2.13. The highest BCUT2D eigenvalue weighted by molar-refractivity contribution is 4.72. The quantitative estimate of drug-likeness (QED) is 0.651. The maximum Gasteiger partial charge on any atom is 0.0594 e. The minimum Gasteiger partial charge on any atom is -0.379 e. The highest BCUT2D eigenvalue weighted by Gasteiger charge is 2.18. The van der Waals surface area contributed by atoms with E-state index in [4.69, 9.17) is 4.74 Å². The van der Waals surface area contributed by atoms with Gasteiger partial charge < -0.3 is 4.74 Å². The topological polar surface area (TPSA) is 12.5 Å². The van der Waals surface area contributed by atoms with Gasteiger partial charge in [-0.15, -0.1) is 0 Å². The molecule has 1 atom stereocenters. The van der Waals surface area contributed by atoms with Crippen LogP contribution in [0.2, 0.25) is 0 Å². The van der Waals surface area contributed by atoms with Gasteiger partial charge in [-0.3, -0.25) is 4.90 Å². The van der Waals surface area contributed by atoms with Crippen molar-refractivity contribution in [1.82, 2.24) is 4.90 Å². The smallest absolute Gasteiger partial charge is 0.0594 e. The van der Waals surface area contributed by atoms with Crippen LogP contribution >= 0.6 is 0 Å². The summed E-state index contributed by atoms with van der Waals surface area (Å²) in [7, 11) is 0. The molecule has 1 saturated heterocycles. The molecule has 0 aromatic rings. The van der Waals surface area contributed by atoms with Crippen LogP contribution in [0, 0.1) is 0 Å². The third-order valence-corrected chi connectivity index (χ3v) is 2.92. The van der Waals surface area contributed by atoms with Gasteiger partial charge in [-0.1, -0.05) is 26.7 Å². The molecule has 1 rings (SSSR count). The van der Waals surface area contributed by atoms with Crippen LogP contribution in [-0.4, -0.2) is 37.2 Å². The molecule has 0 saturated carbocycles. The fourth-order valence-corrected chi connectivity index (χ4v) is 2.03. The minimum atomic E-state index is 0.809. The number of unbranched alkanes of at least 4 members (excludes halogenated alkanes) is 1. The zero-order valence-corrected chi connectivity index (χ0v) is 9.09. The molecule has 1 unspecified atom stereocenters. The average Bonchev–Trinajstić information content (AvgIpc) is 2.21. The third kappa shape index (κ3) is 3.65. The van der Waals surface area contributed by atoms with E-state index < -0.39 is 0 Å². The standard InChI is InChI=1S/C11H23NO/c1-3-5-6-11(4-2)12-7-9-13-10-8-12/h11H,3-10H2,1-2H3. The van der Waals surface area contributed by atoms with Crippen molar-refractivity contribution in [1.29, 1.82) is 0 Å². The van der Waals surface area contributed by atoms with Gasteiger partial charge >= 0.3 is 0 Å². The van der Waals surface area contributed by atoms with Gasteiger partial charge in [-0.25, -0.2) is 0 Å². The van der Waals surface area contributed by atoms with Crippen LogP contribution in [0.5, 0.6) is 0 Å².